The normalized spacial score (nSPS) is 9.81. The fraction of sp³-hybridized carbons (Fsp3) is 0.364. The zero-order valence-corrected chi connectivity index (χ0v) is 10.1. The lowest BCUT2D eigenvalue weighted by atomic mass is 10.3. The van der Waals surface area contributed by atoms with E-state index in [2.05, 4.69) is 17.0 Å². The van der Waals surface area contributed by atoms with Gasteiger partial charge in [0.05, 0.1) is 0 Å². The van der Waals surface area contributed by atoms with Crippen molar-refractivity contribution < 1.29 is 4.79 Å². The fourth-order valence-electron chi connectivity index (χ4n) is 1.06. The third-order valence-corrected chi connectivity index (χ3v) is 2.75. The van der Waals surface area contributed by atoms with Crippen LogP contribution in [-0.4, -0.2) is 12.6 Å². The molecule has 0 aliphatic carbocycles. The summed E-state index contributed by atoms with van der Waals surface area (Å²) < 4.78 is 2.70. The summed E-state index contributed by atoms with van der Waals surface area (Å²) in [5.41, 5.74) is 6.27. The average molecular weight is 239 g/mol. The number of nitrogens with one attached hydrogen (secondary N) is 2. The van der Waals surface area contributed by atoms with E-state index in [4.69, 9.17) is 5.73 Å². The van der Waals surface area contributed by atoms with E-state index in [0.717, 1.165) is 23.4 Å². The highest BCUT2D eigenvalue weighted by Gasteiger charge is 1.99. The molecule has 0 atom stereocenters. The predicted molar refractivity (Wildman–Crippen MR) is 68.2 cm³/mol. The number of carbonyl (C=O) groups excluding carboxylic acids is 1. The maximum absolute atomic E-state index is 11.3. The molecule has 1 aromatic carbocycles. The molecule has 0 saturated heterocycles. The van der Waals surface area contributed by atoms with Crippen LogP contribution in [0.2, 0.25) is 0 Å². The van der Waals surface area contributed by atoms with Gasteiger partial charge in [-0.15, -0.1) is 0 Å². The summed E-state index contributed by atoms with van der Waals surface area (Å²) in [6.07, 6.45) is 2.07. The van der Waals surface area contributed by atoms with Gasteiger partial charge < -0.3 is 11.1 Å². The number of urea groups is 1. The smallest absolute Gasteiger partial charge is 0.325 e. The van der Waals surface area contributed by atoms with Crippen LogP contribution in [0.4, 0.5) is 10.5 Å². The fourth-order valence-corrected chi connectivity index (χ4v) is 1.61. The van der Waals surface area contributed by atoms with Crippen molar-refractivity contribution in [2.45, 2.75) is 24.7 Å². The summed E-state index contributed by atoms with van der Waals surface area (Å²) in [5, 5.41) is 2.77. The lowest BCUT2D eigenvalue weighted by Crippen LogP contribution is -2.31. The molecule has 0 saturated carbocycles. The first-order valence-electron chi connectivity index (χ1n) is 5.28. The molecule has 4 N–H and O–H groups in total. The van der Waals surface area contributed by atoms with E-state index in [1.807, 2.05) is 12.1 Å². The van der Waals surface area contributed by atoms with Gasteiger partial charge in [-0.25, -0.2) is 4.79 Å². The molecule has 0 unspecified atom stereocenters. The topological polar surface area (TPSA) is 67.2 Å². The molecule has 0 aliphatic rings. The van der Waals surface area contributed by atoms with E-state index < -0.39 is 0 Å². The Morgan fingerprint density at radius 2 is 2.06 bits per heavy atom. The molecule has 0 fully saturated rings. The van der Waals surface area contributed by atoms with Gasteiger partial charge in [-0.2, -0.15) is 0 Å². The van der Waals surface area contributed by atoms with Crippen LogP contribution >= 0.6 is 11.9 Å². The molecule has 0 heterocycles. The number of hydrogen-bond acceptors (Lipinski definition) is 3. The van der Waals surface area contributed by atoms with Crippen molar-refractivity contribution in [2.24, 2.45) is 0 Å². The molecule has 0 aromatic heterocycles. The van der Waals surface area contributed by atoms with Gasteiger partial charge in [0, 0.05) is 17.1 Å². The van der Waals surface area contributed by atoms with Crippen molar-refractivity contribution in [1.82, 2.24) is 10.0 Å². The van der Waals surface area contributed by atoms with E-state index in [9.17, 15) is 4.79 Å². The zero-order chi connectivity index (χ0) is 11.8. The number of amides is 2. The van der Waals surface area contributed by atoms with Crippen molar-refractivity contribution in [3.05, 3.63) is 24.3 Å². The number of hydrogen-bond donors (Lipinski definition) is 3. The number of anilines is 1. The molecular formula is C11H17N3OS. The van der Waals surface area contributed by atoms with Gasteiger partial charge in [0.15, 0.2) is 0 Å². The van der Waals surface area contributed by atoms with E-state index in [0.29, 0.717) is 6.54 Å². The lowest BCUT2D eigenvalue weighted by Gasteiger charge is -2.06. The average Bonchev–Trinajstić information content (AvgIpc) is 2.29. The number of unbranched alkanes of at least 4 members (excludes halogenated alkanes) is 1. The Labute approximate surface area is 100 Å². The number of nitrogen functional groups attached to an aromatic ring is 1. The summed E-state index contributed by atoms with van der Waals surface area (Å²) >= 11 is 1.28. The number of carbonyl (C=O) groups is 1. The second-order valence-electron chi connectivity index (χ2n) is 3.38. The van der Waals surface area contributed by atoms with Gasteiger partial charge in [-0.1, -0.05) is 13.3 Å². The molecule has 0 radical (unpaired) electrons. The van der Waals surface area contributed by atoms with E-state index in [1.54, 1.807) is 12.1 Å². The van der Waals surface area contributed by atoms with Gasteiger partial charge in [0.2, 0.25) is 0 Å². The Morgan fingerprint density at radius 3 is 2.69 bits per heavy atom. The minimum Gasteiger partial charge on any atom is -0.399 e. The largest absolute Gasteiger partial charge is 0.399 e. The maximum atomic E-state index is 11.3. The first kappa shape index (κ1) is 12.7. The van der Waals surface area contributed by atoms with Gasteiger partial charge in [-0.3, -0.25) is 4.72 Å². The molecule has 2 amide bonds. The minimum absolute atomic E-state index is 0.157. The van der Waals surface area contributed by atoms with E-state index >= 15 is 0 Å². The Hall–Kier alpha value is -1.36. The summed E-state index contributed by atoms with van der Waals surface area (Å²) in [4.78, 5) is 12.2. The summed E-state index contributed by atoms with van der Waals surface area (Å²) in [6.45, 7) is 2.80. The number of nitrogens with two attached hydrogens (primary N) is 1. The van der Waals surface area contributed by atoms with Crippen LogP contribution in [0.25, 0.3) is 0 Å². The quantitative estimate of drug-likeness (QED) is 0.420. The van der Waals surface area contributed by atoms with Crippen molar-refractivity contribution in [3.63, 3.8) is 0 Å². The van der Waals surface area contributed by atoms with Crippen LogP contribution in [0.3, 0.4) is 0 Å². The molecule has 0 aliphatic heterocycles. The van der Waals surface area contributed by atoms with Gasteiger partial charge in [0.25, 0.3) is 0 Å². The van der Waals surface area contributed by atoms with Crippen LogP contribution in [-0.2, 0) is 0 Å². The summed E-state index contributed by atoms with van der Waals surface area (Å²) in [5.74, 6) is 0. The summed E-state index contributed by atoms with van der Waals surface area (Å²) in [7, 11) is 0. The van der Waals surface area contributed by atoms with Crippen LogP contribution in [0.15, 0.2) is 29.2 Å². The second kappa shape index (κ2) is 7.00. The van der Waals surface area contributed by atoms with Crippen molar-refractivity contribution in [3.8, 4) is 0 Å². The van der Waals surface area contributed by atoms with Crippen molar-refractivity contribution >= 4 is 23.7 Å². The zero-order valence-electron chi connectivity index (χ0n) is 9.32. The molecule has 4 nitrogen and oxygen atoms in total. The molecule has 16 heavy (non-hydrogen) atoms. The first-order chi connectivity index (χ1) is 7.72. The molecule has 1 rings (SSSR count). The van der Waals surface area contributed by atoms with Crippen LogP contribution in [0.1, 0.15) is 19.8 Å². The Morgan fingerprint density at radius 1 is 1.38 bits per heavy atom. The maximum Gasteiger partial charge on any atom is 0.325 e. The molecule has 1 aromatic rings. The van der Waals surface area contributed by atoms with Crippen molar-refractivity contribution in [2.75, 3.05) is 12.3 Å². The highest BCUT2D eigenvalue weighted by Crippen LogP contribution is 2.15. The molecule has 0 spiro atoms. The molecule has 0 bridgehead atoms. The monoisotopic (exact) mass is 239 g/mol. The highest BCUT2D eigenvalue weighted by atomic mass is 32.2. The third kappa shape index (κ3) is 4.93. The molecule has 88 valence electrons. The Balaban J connectivity index is 2.23. The Bertz CT molecular complexity index is 327. The van der Waals surface area contributed by atoms with Crippen LogP contribution < -0.4 is 15.8 Å². The second-order valence-corrected chi connectivity index (χ2v) is 4.26. The van der Waals surface area contributed by atoms with Crippen LogP contribution in [0, 0.1) is 0 Å². The lowest BCUT2D eigenvalue weighted by molar-refractivity contribution is 0.246. The standard InChI is InChI=1S/C11H17N3OS/c1-2-3-8-13-11(15)14-16-10-6-4-9(12)5-7-10/h4-7H,2-3,8,12H2,1H3,(H2,13,14,15). The van der Waals surface area contributed by atoms with E-state index in [1.165, 1.54) is 11.9 Å². The van der Waals surface area contributed by atoms with Gasteiger partial charge in [-0.05, 0) is 42.6 Å². The Kier molecular flexibility index (Phi) is 5.56. The minimum atomic E-state index is -0.157. The van der Waals surface area contributed by atoms with Gasteiger partial charge in [0.1, 0.15) is 0 Å². The predicted octanol–water partition coefficient (Wildman–Crippen LogP) is 2.38. The molecular weight excluding hydrogens is 222 g/mol. The van der Waals surface area contributed by atoms with Crippen LogP contribution in [0.5, 0.6) is 0 Å². The highest BCUT2D eigenvalue weighted by molar-refractivity contribution is 7.98. The first-order valence-corrected chi connectivity index (χ1v) is 6.10. The van der Waals surface area contributed by atoms with Crippen molar-refractivity contribution in [1.29, 1.82) is 0 Å². The molecule has 5 heteroatoms. The number of benzene rings is 1. The third-order valence-electron chi connectivity index (χ3n) is 1.96. The number of rotatable bonds is 5. The summed E-state index contributed by atoms with van der Waals surface area (Å²) in [6, 6.07) is 7.19. The van der Waals surface area contributed by atoms with Gasteiger partial charge >= 0.3 is 6.03 Å². The SMILES string of the molecule is CCCCNC(=O)NSc1ccc(N)cc1. The van der Waals surface area contributed by atoms with E-state index in [-0.39, 0.29) is 6.03 Å².